The molecule has 0 amide bonds. The average molecular weight is 318 g/mol. The highest BCUT2D eigenvalue weighted by Crippen LogP contribution is 1.93. The molecule has 0 bridgehead atoms. The van der Waals surface area contributed by atoms with Crippen LogP contribution in [0.25, 0.3) is 0 Å². The number of esters is 1. The quantitative estimate of drug-likeness (QED) is 0.335. The third-order valence-electron chi connectivity index (χ3n) is 2.13. The minimum absolute atomic E-state index is 0.00458. The van der Waals surface area contributed by atoms with Gasteiger partial charge in [-0.15, -0.1) is 0 Å². The number of carbonyl (C=O) groups is 2. The second kappa shape index (κ2) is 17.4. The van der Waals surface area contributed by atoms with Gasteiger partial charge in [-0.2, -0.15) is 0 Å². The third-order valence-corrected chi connectivity index (χ3v) is 2.13. The zero-order valence-electron chi connectivity index (χ0n) is 13.2. The molecule has 0 spiro atoms. The van der Waals surface area contributed by atoms with E-state index in [1.54, 1.807) is 0 Å². The smallest absolute Gasteiger partial charge is 0.330 e. The van der Waals surface area contributed by atoms with Crippen LogP contribution >= 0.6 is 0 Å². The van der Waals surface area contributed by atoms with Crippen molar-refractivity contribution in [2.24, 2.45) is 0 Å². The van der Waals surface area contributed by atoms with Crippen LogP contribution in [0.1, 0.15) is 20.3 Å². The fourth-order valence-electron chi connectivity index (χ4n) is 0.993. The zero-order valence-corrected chi connectivity index (χ0v) is 13.2. The molecular formula is C15H26O7. The maximum atomic E-state index is 10.5. The Kier molecular flexibility index (Phi) is 17.8. The van der Waals surface area contributed by atoms with E-state index in [0.717, 1.165) is 6.08 Å². The Morgan fingerprint density at radius 2 is 1.73 bits per heavy atom. The van der Waals surface area contributed by atoms with Crippen LogP contribution < -0.4 is 0 Å². The first-order valence-corrected chi connectivity index (χ1v) is 6.95. The first-order valence-electron chi connectivity index (χ1n) is 6.95. The molecule has 0 aliphatic heterocycles. The summed E-state index contributed by atoms with van der Waals surface area (Å²) in [6, 6.07) is 0. The highest BCUT2D eigenvalue weighted by Gasteiger charge is 1.96. The van der Waals surface area contributed by atoms with E-state index in [2.05, 4.69) is 11.3 Å². The topological polar surface area (TPSA) is 102 Å². The molecular weight excluding hydrogens is 292 g/mol. The highest BCUT2D eigenvalue weighted by molar-refractivity contribution is 5.85. The molecule has 0 unspecified atom stereocenters. The molecule has 0 aromatic rings. The Hall–Kier alpha value is -1.70. The van der Waals surface area contributed by atoms with Gasteiger partial charge in [0.1, 0.15) is 6.61 Å². The highest BCUT2D eigenvalue weighted by atomic mass is 16.6. The lowest BCUT2D eigenvalue weighted by Gasteiger charge is -2.04. The van der Waals surface area contributed by atoms with Gasteiger partial charge in [-0.1, -0.05) is 12.7 Å². The van der Waals surface area contributed by atoms with Crippen molar-refractivity contribution >= 4 is 11.9 Å². The first kappa shape index (κ1) is 22.6. The maximum absolute atomic E-state index is 10.5. The average Bonchev–Trinajstić information content (AvgIpc) is 2.51. The number of carbonyl (C=O) groups excluding carboxylic acids is 1. The van der Waals surface area contributed by atoms with Crippen LogP contribution in [0.15, 0.2) is 24.3 Å². The Morgan fingerprint density at radius 3 is 2.23 bits per heavy atom. The SMILES string of the molecule is C=CC(=O)OCCOCCOCC.CC(=CCCO)C(=O)O. The van der Waals surface area contributed by atoms with Crippen LogP contribution in [0, 0.1) is 0 Å². The van der Waals surface area contributed by atoms with E-state index >= 15 is 0 Å². The number of rotatable bonds is 11. The summed E-state index contributed by atoms with van der Waals surface area (Å²) in [7, 11) is 0. The number of ether oxygens (including phenoxy) is 3. The summed E-state index contributed by atoms with van der Waals surface area (Å²) < 4.78 is 14.8. The summed E-state index contributed by atoms with van der Waals surface area (Å²) in [6.07, 6.45) is 3.03. The summed E-state index contributed by atoms with van der Waals surface area (Å²) in [5.74, 6) is -1.35. The summed E-state index contributed by atoms with van der Waals surface area (Å²) in [5, 5.41) is 16.5. The number of hydrogen-bond donors (Lipinski definition) is 2. The minimum atomic E-state index is -0.927. The molecule has 7 heteroatoms. The standard InChI is InChI=1S/C9H16O4.C6H10O3/c1-3-9(10)13-8-7-12-6-5-11-4-2;1-5(6(8)9)3-2-4-7/h3H,1,4-8H2,2H3;3,7H,2,4H2,1H3,(H,8,9). The van der Waals surface area contributed by atoms with E-state index in [1.165, 1.54) is 13.0 Å². The predicted octanol–water partition coefficient (Wildman–Crippen LogP) is 1.17. The number of aliphatic hydroxyl groups is 1. The number of aliphatic carboxylic acids is 1. The van der Waals surface area contributed by atoms with E-state index in [-0.39, 0.29) is 18.8 Å². The molecule has 2 N–H and O–H groups in total. The van der Waals surface area contributed by atoms with Crippen molar-refractivity contribution in [3.05, 3.63) is 24.3 Å². The summed E-state index contributed by atoms with van der Waals surface area (Å²) in [4.78, 5) is 20.6. The van der Waals surface area contributed by atoms with Gasteiger partial charge in [-0.25, -0.2) is 9.59 Å². The maximum Gasteiger partial charge on any atom is 0.330 e. The van der Waals surface area contributed by atoms with Crippen molar-refractivity contribution in [1.82, 2.24) is 0 Å². The van der Waals surface area contributed by atoms with Crippen molar-refractivity contribution in [2.45, 2.75) is 20.3 Å². The van der Waals surface area contributed by atoms with Gasteiger partial charge in [0.25, 0.3) is 0 Å². The van der Waals surface area contributed by atoms with Crippen LogP contribution in [0.3, 0.4) is 0 Å². The second-order valence-corrected chi connectivity index (χ2v) is 3.89. The molecule has 0 fully saturated rings. The molecule has 0 heterocycles. The fraction of sp³-hybridized carbons (Fsp3) is 0.600. The summed E-state index contributed by atoms with van der Waals surface area (Å²) >= 11 is 0. The van der Waals surface area contributed by atoms with Crippen LogP contribution in [-0.2, 0) is 23.8 Å². The molecule has 22 heavy (non-hydrogen) atoms. The summed E-state index contributed by atoms with van der Waals surface area (Å²) in [5.41, 5.74) is 0.282. The Balaban J connectivity index is 0. The van der Waals surface area contributed by atoms with Crippen molar-refractivity contribution < 1.29 is 34.0 Å². The van der Waals surface area contributed by atoms with Crippen molar-refractivity contribution in [1.29, 1.82) is 0 Å². The van der Waals surface area contributed by atoms with Crippen LogP contribution in [-0.4, -0.2) is 61.8 Å². The van der Waals surface area contributed by atoms with Crippen LogP contribution in [0.5, 0.6) is 0 Å². The van der Waals surface area contributed by atoms with Gasteiger partial charge in [-0.05, 0) is 20.3 Å². The van der Waals surface area contributed by atoms with Gasteiger partial charge in [-0.3, -0.25) is 0 Å². The van der Waals surface area contributed by atoms with Gasteiger partial charge >= 0.3 is 11.9 Å². The lowest BCUT2D eigenvalue weighted by Crippen LogP contribution is -2.11. The van der Waals surface area contributed by atoms with E-state index < -0.39 is 11.9 Å². The number of carboxylic acid groups (broad SMARTS) is 1. The predicted molar refractivity (Wildman–Crippen MR) is 81.6 cm³/mol. The first-order chi connectivity index (χ1) is 10.5. The van der Waals surface area contributed by atoms with Crippen molar-refractivity contribution in [3.63, 3.8) is 0 Å². The van der Waals surface area contributed by atoms with E-state index in [0.29, 0.717) is 32.8 Å². The molecule has 0 radical (unpaired) electrons. The molecule has 7 nitrogen and oxygen atoms in total. The largest absolute Gasteiger partial charge is 0.478 e. The van der Waals surface area contributed by atoms with Gasteiger partial charge in [0, 0.05) is 24.9 Å². The molecule has 0 atom stereocenters. The number of carboxylic acids is 1. The third kappa shape index (κ3) is 18.3. The molecule has 0 aliphatic rings. The molecule has 0 aromatic heterocycles. The Bertz CT molecular complexity index is 337. The number of hydrogen-bond acceptors (Lipinski definition) is 6. The van der Waals surface area contributed by atoms with E-state index in [1.807, 2.05) is 6.92 Å². The monoisotopic (exact) mass is 318 g/mol. The Morgan fingerprint density at radius 1 is 1.14 bits per heavy atom. The van der Waals surface area contributed by atoms with Gasteiger partial charge in [0.15, 0.2) is 0 Å². The van der Waals surface area contributed by atoms with Crippen LogP contribution in [0.2, 0.25) is 0 Å². The molecule has 0 saturated carbocycles. The zero-order chi connectivity index (χ0) is 17.2. The second-order valence-electron chi connectivity index (χ2n) is 3.89. The lowest BCUT2D eigenvalue weighted by atomic mass is 10.2. The van der Waals surface area contributed by atoms with Gasteiger partial charge in [0.2, 0.25) is 0 Å². The fourth-order valence-corrected chi connectivity index (χ4v) is 0.993. The Labute approximate surface area is 131 Å². The summed E-state index contributed by atoms with van der Waals surface area (Å²) in [6.45, 7) is 9.14. The van der Waals surface area contributed by atoms with Crippen molar-refractivity contribution in [2.75, 3.05) is 39.6 Å². The lowest BCUT2D eigenvalue weighted by molar-refractivity contribution is -0.139. The van der Waals surface area contributed by atoms with Crippen molar-refractivity contribution in [3.8, 4) is 0 Å². The molecule has 0 saturated heterocycles. The van der Waals surface area contributed by atoms with Crippen LogP contribution in [0.4, 0.5) is 0 Å². The molecule has 128 valence electrons. The van der Waals surface area contributed by atoms with E-state index in [4.69, 9.17) is 19.7 Å². The minimum Gasteiger partial charge on any atom is -0.478 e. The number of aliphatic hydroxyl groups excluding tert-OH is 1. The molecule has 0 aromatic carbocycles. The van der Waals surface area contributed by atoms with Gasteiger partial charge in [0.05, 0.1) is 19.8 Å². The molecule has 0 rings (SSSR count). The molecule has 0 aliphatic carbocycles. The van der Waals surface area contributed by atoms with Gasteiger partial charge < -0.3 is 24.4 Å². The normalized spacial score (nSPS) is 10.4. The van der Waals surface area contributed by atoms with E-state index in [9.17, 15) is 9.59 Å².